The molecule has 0 amide bonds. The molecular formula is C60H51NO3S2. The van der Waals surface area contributed by atoms with Gasteiger partial charge in [-0.25, -0.2) is 9.59 Å². The predicted octanol–water partition coefficient (Wildman–Crippen LogP) is 17.3. The number of carbonyl (C=O) groups is 2. The lowest BCUT2D eigenvalue weighted by molar-refractivity contribution is 0.0391. The van der Waals surface area contributed by atoms with Crippen molar-refractivity contribution in [3.8, 4) is 0 Å². The molecule has 326 valence electrons. The van der Waals surface area contributed by atoms with Crippen molar-refractivity contribution in [2.45, 2.75) is 84.8 Å². The molecule has 0 atom stereocenters. The van der Waals surface area contributed by atoms with Crippen LogP contribution in [-0.2, 0) is 15.6 Å². The van der Waals surface area contributed by atoms with Crippen LogP contribution in [-0.4, -0.2) is 11.9 Å². The summed E-state index contributed by atoms with van der Waals surface area (Å²) in [5.41, 5.74) is 8.63. The molecule has 0 radical (unpaired) electrons. The number of rotatable bonds is 13. The molecule has 0 fully saturated rings. The Kier molecular flexibility index (Phi) is 10.9. The van der Waals surface area contributed by atoms with E-state index in [1.807, 2.05) is 48.5 Å². The van der Waals surface area contributed by atoms with Gasteiger partial charge in [0.05, 0.1) is 16.8 Å². The fraction of sp³-hybridized carbons (Fsp3) is 0.167. The van der Waals surface area contributed by atoms with Gasteiger partial charge in [-0.15, -0.1) is 13.2 Å². The van der Waals surface area contributed by atoms with Crippen molar-refractivity contribution in [1.82, 2.24) is 0 Å². The van der Waals surface area contributed by atoms with E-state index in [4.69, 9.17) is 4.74 Å². The Morgan fingerprint density at radius 2 is 0.939 bits per heavy atom. The van der Waals surface area contributed by atoms with Crippen LogP contribution < -0.4 is 4.90 Å². The van der Waals surface area contributed by atoms with Crippen molar-refractivity contribution in [1.29, 1.82) is 0 Å². The lowest BCUT2D eigenvalue weighted by atomic mass is 9.79. The predicted molar refractivity (Wildman–Crippen MR) is 278 cm³/mol. The zero-order chi connectivity index (χ0) is 46.1. The van der Waals surface area contributed by atoms with E-state index in [0.717, 1.165) is 98.3 Å². The number of nitrogens with zero attached hydrogens (tertiary/aromatic N) is 1. The number of carbonyl (C=O) groups excluding carboxylic acids is 2. The number of fused-ring (bicyclic) bond motifs is 2. The largest absolute Gasteiger partial charge is 0.386 e. The molecule has 10 rings (SSSR count). The highest BCUT2D eigenvalue weighted by atomic mass is 32.2. The minimum Gasteiger partial charge on any atom is -0.386 e. The number of allylic oxidation sites excluding steroid dienone is 2. The van der Waals surface area contributed by atoms with E-state index in [9.17, 15) is 9.59 Å². The Morgan fingerprint density at radius 1 is 0.500 bits per heavy atom. The Bertz CT molecular complexity index is 3220. The highest BCUT2D eigenvalue weighted by molar-refractivity contribution is 8.00. The van der Waals surface area contributed by atoms with Gasteiger partial charge in [0.2, 0.25) is 0 Å². The van der Waals surface area contributed by atoms with Gasteiger partial charge < -0.3 is 9.64 Å². The van der Waals surface area contributed by atoms with Crippen molar-refractivity contribution in [3.63, 3.8) is 0 Å². The van der Waals surface area contributed by atoms with Crippen LogP contribution in [0.1, 0.15) is 86.2 Å². The summed E-state index contributed by atoms with van der Waals surface area (Å²) in [6.45, 7) is 21.8. The fourth-order valence-corrected chi connectivity index (χ4v) is 12.4. The number of cyclic esters (lactones) is 2. The third-order valence-corrected chi connectivity index (χ3v) is 15.1. The molecule has 9 aromatic carbocycles. The first-order valence-electron chi connectivity index (χ1n) is 22.4. The monoisotopic (exact) mass is 897 g/mol. The Hall–Kier alpha value is -6.60. The van der Waals surface area contributed by atoms with E-state index >= 15 is 0 Å². The number of esters is 2. The smallest absolute Gasteiger partial charge is 0.346 e. The highest BCUT2D eigenvalue weighted by Gasteiger charge is 2.34. The molecule has 0 bridgehead atoms. The zero-order valence-electron chi connectivity index (χ0n) is 38.3. The first kappa shape index (κ1) is 43.3. The van der Waals surface area contributed by atoms with Crippen LogP contribution in [0.25, 0.3) is 43.1 Å². The standard InChI is InChI=1S/C60H51NO3S2/c1-36(2)34-59(5,6)38-22-26-40(27-23-38)61(41-28-24-39(25-29-41)60(7,8)35-37(3)4)49-31-30-46-52-44(49)20-15-21-45(52)54-50(65-42-16-11-9-12-17-42)32-47-53-48(58(63)64-57(47)62)33-51(55(46)56(53)54)66-43-18-13-10-14-19-43/h9-33H,1,3,34-35H2,2,4-8H3. The van der Waals surface area contributed by atoms with Gasteiger partial charge in [-0.05, 0) is 132 Å². The normalized spacial score (nSPS) is 12.9. The Morgan fingerprint density at radius 3 is 1.39 bits per heavy atom. The van der Waals surface area contributed by atoms with E-state index in [1.165, 1.54) is 11.1 Å². The molecule has 1 aliphatic rings. The summed E-state index contributed by atoms with van der Waals surface area (Å²) in [5, 5.41) is 7.86. The molecule has 0 spiro atoms. The molecule has 0 unspecified atom stereocenters. The summed E-state index contributed by atoms with van der Waals surface area (Å²) >= 11 is 3.25. The van der Waals surface area contributed by atoms with Gasteiger partial charge >= 0.3 is 11.9 Å². The van der Waals surface area contributed by atoms with Crippen LogP contribution in [0.15, 0.2) is 196 Å². The average Bonchev–Trinajstić information content (AvgIpc) is 3.28. The first-order chi connectivity index (χ1) is 31.7. The molecule has 0 saturated heterocycles. The Labute approximate surface area is 395 Å². The molecule has 9 aromatic rings. The molecule has 0 aromatic heterocycles. The van der Waals surface area contributed by atoms with Crippen LogP contribution >= 0.6 is 23.5 Å². The SMILES string of the molecule is C=C(C)CC(C)(C)c1ccc(N(c2ccc(C(C)(C)CC(=C)C)cc2)c2ccc3c4c(Sc5ccccc5)cc5c6c(cc(Sc7ccccc7)c(c7cccc2c73)c64)C(=O)OC5=O)cc1. The minimum atomic E-state index is -0.624. The summed E-state index contributed by atoms with van der Waals surface area (Å²) in [7, 11) is 0. The van der Waals surface area contributed by atoms with Crippen LogP contribution in [0, 0.1) is 0 Å². The van der Waals surface area contributed by atoms with E-state index < -0.39 is 11.9 Å². The van der Waals surface area contributed by atoms with Crippen LogP contribution in [0.4, 0.5) is 17.1 Å². The molecule has 0 saturated carbocycles. The number of anilines is 3. The number of hydrogen-bond donors (Lipinski definition) is 0. The maximum atomic E-state index is 13.8. The summed E-state index contributed by atoms with van der Waals surface area (Å²) in [6, 6.07) is 53.5. The molecule has 0 N–H and O–H groups in total. The average molecular weight is 898 g/mol. The quantitative estimate of drug-likeness (QED) is 0.0378. The molecule has 1 heterocycles. The summed E-state index contributed by atoms with van der Waals surface area (Å²) < 4.78 is 5.47. The van der Waals surface area contributed by atoms with Gasteiger partial charge in [-0.2, -0.15) is 0 Å². The van der Waals surface area contributed by atoms with Crippen molar-refractivity contribution < 1.29 is 14.3 Å². The van der Waals surface area contributed by atoms with Crippen molar-refractivity contribution in [3.05, 3.63) is 198 Å². The third kappa shape index (κ3) is 7.66. The number of benzene rings is 9. The van der Waals surface area contributed by atoms with E-state index in [2.05, 4.69) is 163 Å². The number of hydrogen-bond acceptors (Lipinski definition) is 6. The van der Waals surface area contributed by atoms with E-state index in [0.29, 0.717) is 16.5 Å². The molecule has 4 nitrogen and oxygen atoms in total. The molecule has 6 heteroatoms. The first-order valence-corrected chi connectivity index (χ1v) is 24.1. The van der Waals surface area contributed by atoms with Gasteiger partial charge in [0.15, 0.2) is 0 Å². The second kappa shape index (κ2) is 16.7. The van der Waals surface area contributed by atoms with Gasteiger partial charge in [-0.1, -0.05) is 147 Å². The summed E-state index contributed by atoms with van der Waals surface area (Å²) in [4.78, 5) is 33.9. The molecule has 0 aliphatic carbocycles. The second-order valence-corrected chi connectivity index (χ2v) is 21.4. The van der Waals surface area contributed by atoms with E-state index in [1.54, 1.807) is 23.5 Å². The van der Waals surface area contributed by atoms with Crippen molar-refractivity contribution in [2.75, 3.05) is 4.90 Å². The summed E-state index contributed by atoms with van der Waals surface area (Å²) in [6.07, 6.45) is 1.79. The van der Waals surface area contributed by atoms with Gasteiger partial charge in [-0.3, -0.25) is 0 Å². The lowest BCUT2D eigenvalue weighted by Crippen LogP contribution is -2.20. The maximum absolute atomic E-state index is 13.8. The van der Waals surface area contributed by atoms with Gasteiger partial charge in [0, 0.05) is 57.9 Å². The number of ether oxygens (including phenoxy) is 1. The van der Waals surface area contributed by atoms with Crippen molar-refractivity contribution in [2.24, 2.45) is 0 Å². The fourth-order valence-electron chi connectivity index (χ4n) is 10.3. The summed E-state index contributed by atoms with van der Waals surface area (Å²) in [5.74, 6) is -1.25. The minimum absolute atomic E-state index is 0.0765. The van der Waals surface area contributed by atoms with Crippen molar-refractivity contribution >= 4 is 95.6 Å². The van der Waals surface area contributed by atoms with Crippen LogP contribution in [0.2, 0.25) is 0 Å². The second-order valence-electron chi connectivity index (χ2n) is 19.2. The van der Waals surface area contributed by atoms with Gasteiger partial charge in [0.1, 0.15) is 0 Å². The maximum Gasteiger partial charge on any atom is 0.346 e. The topological polar surface area (TPSA) is 46.6 Å². The zero-order valence-corrected chi connectivity index (χ0v) is 39.9. The third-order valence-electron chi connectivity index (χ3n) is 13.0. The van der Waals surface area contributed by atoms with Crippen LogP contribution in [0.5, 0.6) is 0 Å². The Balaban J connectivity index is 1.28. The molecule has 1 aliphatic heterocycles. The molecule has 66 heavy (non-hydrogen) atoms. The molecular weight excluding hydrogens is 847 g/mol. The van der Waals surface area contributed by atoms with Crippen LogP contribution in [0.3, 0.4) is 0 Å². The van der Waals surface area contributed by atoms with Gasteiger partial charge in [0.25, 0.3) is 0 Å². The van der Waals surface area contributed by atoms with E-state index in [-0.39, 0.29) is 10.8 Å². The highest BCUT2D eigenvalue weighted by Crippen LogP contribution is 2.53. The lowest BCUT2D eigenvalue weighted by Gasteiger charge is -2.31.